The number of hydrogen-bond acceptors (Lipinski definition) is 5. The van der Waals surface area contributed by atoms with Crippen molar-refractivity contribution >= 4 is 22.7 Å². The number of carbonyl (C=O) groups is 2. The van der Waals surface area contributed by atoms with Gasteiger partial charge in [0.1, 0.15) is 0 Å². The molecule has 5 heteroatoms. The number of ketones is 1. The van der Waals surface area contributed by atoms with E-state index in [9.17, 15) is 14.7 Å². The topological polar surface area (TPSA) is 76.5 Å². The first kappa shape index (κ1) is 22.9. The van der Waals surface area contributed by atoms with Crippen LogP contribution in [-0.2, 0) is 4.74 Å². The van der Waals surface area contributed by atoms with Crippen LogP contribution in [0.4, 0.5) is 0 Å². The highest BCUT2D eigenvalue weighted by Gasteiger charge is 2.53. The number of pyridine rings is 1. The number of para-hydroxylation sites is 1. The standard InChI is InChI=1S/C30H27NO4/c1-18(2)35-29(33)22-14-10-20(11-15-22)19-8-12-21(13-9-19)27-16-24(28(32)25-17-30(25,3)34)23-6-4-5-7-26(23)31-27/h4-16,18,25,34H,17H2,1-3H3. The molecule has 0 radical (unpaired) electrons. The SMILES string of the molecule is CC(C)OC(=O)c1ccc(-c2ccc(-c3cc(C(=O)C4CC4(C)O)c4ccccc4n3)cc2)cc1. The normalized spacial score (nSPS) is 19.1. The average Bonchev–Trinajstić information content (AvgIpc) is 3.50. The highest BCUT2D eigenvalue weighted by molar-refractivity contribution is 6.10. The van der Waals surface area contributed by atoms with Crippen molar-refractivity contribution in [2.24, 2.45) is 5.92 Å². The number of rotatable bonds is 6. The van der Waals surface area contributed by atoms with E-state index in [0.29, 0.717) is 23.2 Å². The van der Waals surface area contributed by atoms with Gasteiger partial charge in [-0.05, 0) is 62.6 Å². The number of hydrogen-bond donors (Lipinski definition) is 1. The van der Waals surface area contributed by atoms with Gasteiger partial charge in [0, 0.05) is 16.5 Å². The number of aromatic nitrogens is 1. The Bertz CT molecular complexity index is 1420. The van der Waals surface area contributed by atoms with Crippen molar-refractivity contribution in [2.45, 2.75) is 38.9 Å². The molecule has 176 valence electrons. The summed E-state index contributed by atoms with van der Waals surface area (Å²) in [7, 11) is 0. The van der Waals surface area contributed by atoms with Gasteiger partial charge in [-0.2, -0.15) is 0 Å². The zero-order valence-corrected chi connectivity index (χ0v) is 20.0. The number of nitrogens with zero attached hydrogens (tertiary/aromatic N) is 1. The summed E-state index contributed by atoms with van der Waals surface area (Å²) in [4.78, 5) is 30.1. The third-order valence-corrected chi connectivity index (χ3v) is 6.48. The molecule has 1 aliphatic rings. The lowest BCUT2D eigenvalue weighted by molar-refractivity contribution is 0.0377. The van der Waals surface area contributed by atoms with E-state index in [1.54, 1.807) is 19.1 Å². The molecular weight excluding hydrogens is 438 g/mol. The summed E-state index contributed by atoms with van der Waals surface area (Å²) in [6.07, 6.45) is 0.326. The maximum Gasteiger partial charge on any atom is 0.338 e. The molecule has 1 heterocycles. The lowest BCUT2D eigenvalue weighted by Gasteiger charge is -2.11. The van der Waals surface area contributed by atoms with Crippen molar-refractivity contribution in [1.29, 1.82) is 0 Å². The predicted molar refractivity (Wildman–Crippen MR) is 136 cm³/mol. The molecule has 1 saturated carbocycles. The maximum absolute atomic E-state index is 13.2. The van der Waals surface area contributed by atoms with Gasteiger partial charge in [0.05, 0.1) is 34.4 Å². The number of benzene rings is 3. The molecule has 0 amide bonds. The average molecular weight is 466 g/mol. The highest BCUT2D eigenvalue weighted by atomic mass is 16.5. The van der Waals surface area contributed by atoms with Crippen LogP contribution in [0.2, 0.25) is 0 Å². The monoisotopic (exact) mass is 465 g/mol. The summed E-state index contributed by atoms with van der Waals surface area (Å²) < 4.78 is 5.25. The minimum absolute atomic E-state index is 0.0393. The van der Waals surface area contributed by atoms with Crippen molar-refractivity contribution in [3.63, 3.8) is 0 Å². The number of carbonyl (C=O) groups excluding carboxylic acids is 2. The summed E-state index contributed by atoms with van der Waals surface area (Å²) in [6.45, 7) is 5.36. The summed E-state index contributed by atoms with van der Waals surface area (Å²) in [5.74, 6) is -0.741. The Kier molecular flexibility index (Phi) is 5.73. The van der Waals surface area contributed by atoms with E-state index < -0.39 is 5.60 Å². The molecule has 0 bridgehead atoms. The van der Waals surface area contributed by atoms with E-state index in [2.05, 4.69) is 0 Å². The molecule has 1 aromatic heterocycles. The van der Waals surface area contributed by atoms with Gasteiger partial charge in [-0.1, -0.05) is 54.6 Å². The van der Waals surface area contributed by atoms with Crippen molar-refractivity contribution in [2.75, 3.05) is 0 Å². The largest absolute Gasteiger partial charge is 0.459 e. The molecule has 1 N–H and O–H groups in total. The van der Waals surface area contributed by atoms with Crippen LogP contribution in [-0.4, -0.2) is 33.5 Å². The van der Waals surface area contributed by atoms with E-state index >= 15 is 0 Å². The third-order valence-electron chi connectivity index (χ3n) is 6.48. The molecule has 2 unspecified atom stereocenters. The van der Waals surface area contributed by atoms with Gasteiger partial charge in [-0.15, -0.1) is 0 Å². The minimum atomic E-state index is -0.926. The van der Waals surface area contributed by atoms with E-state index in [1.165, 1.54) is 0 Å². The quantitative estimate of drug-likeness (QED) is 0.276. The summed E-state index contributed by atoms with van der Waals surface area (Å²) >= 11 is 0. The molecule has 0 aliphatic heterocycles. The Balaban J connectivity index is 1.44. The number of fused-ring (bicyclic) bond motifs is 1. The molecule has 2 atom stereocenters. The van der Waals surface area contributed by atoms with Crippen LogP contribution in [0.5, 0.6) is 0 Å². The van der Waals surface area contributed by atoms with Crippen LogP contribution in [0.3, 0.4) is 0 Å². The highest BCUT2D eigenvalue weighted by Crippen LogP contribution is 2.45. The molecule has 1 fully saturated rings. The van der Waals surface area contributed by atoms with Gasteiger partial charge >= 0.3 is 5.97 Å². The Morgan fingerprint density at radius 1 is 0.943 bits per heavy atom. The maximum atomic E-state index is 13.2. The van der Waals surface area contributed by atoms with Gasteiger partial charge in [0.25, 0.3) is 0 Å². The summed E-state index contributed by atoms with van der Waals surface area (Å²) in [5, 5.41) is 11.0. The van der Waals surface area contributed by atoms with Crippen molar-refractivity contribution < 1.29 is 19.4 Å². The molecule has 5 rings (SSSR count). The molecule has 4 aromatic rings. The fourth-order valence-corrected chi connectivity index (χ4v) is 4.36. The van der Waals surface area contributed by atoms with Gasteiger partial charge in [0.2, 0.25) is 0 Å². The lowest BCUT2D eigenvalue weighted by Crippen LogP contribution is -2.13. The predicted octanol–water partition coefficient (Wildman–Crippen LogP) is 6.09. The van der Waals surface area contributed by atoms with Crippen LogP contribution in [0, 0.1) is 5.92 Å². The van der Waals surface area contributed by atoms with Gasteiger partial charge in [0.15, 0.2) is 5.78 Å². The first-order valence-corrected chi connectivity index (χ1v) is 11.8. The number of aliphatic hydroxyl groups is 1. The molecule has 0 saturated heterocycles. The zero-order chi connectivity index (χ0) is 24.7. The molecule has 0 spiro atoms. The lowest BCUT2D eigenvalue weighted by atomic mass is 9.97. The molecule has 35 heavy (non-hydrogen) atoms. The van der Waals surface area contributed by atoms with Crippen LogP contribution in [0.15, 0.2) is 78.9 Å². The third kappa shape index (κ3) is 4.60. The van der Waals surface area contributed by atoms with Gasteiger partial charge in [-0.25, -0.2) is 9.78 Å². The van der Waals surface area contributed by atoms with E-state index in [-0.39, 0.29) is 23.8 Å². The van der Waals surface area contributed by atoms with Crippen molar-refractivity contribution in [3.05, 3.63) is 90.0 Å². The van der Waals surface area contributed by atoms with Crippen molar-refractivity contribution in [1.82, 2.24) is 4.98 Å². The smallest absolute Gasteiger partial charge is 0.338 e. The van der Waals surface area contributed by atoms with Crippen LogP contribution in [0.25, 0.3) is 33.3 Å². The molecule has 3 aromatic carbocycles. The first-order chi connectivity index (χ1) is 16.7. The number of esters is 1. The first-order valence-electron chi connectivity index (χ1n) is 11.8. The Hall–Kier alpha value is -3.83. The summed E-state index contributed by atoms with van der Waals surface area (Å²) in [5.41, 5.74) is 4.54. The van der Waals surface area contributed by atoms with Gasteiger partial charge in [-0.3, -0.25) is 4.79 Å². The minimum Gasteiger partial charge on any atom is -0.459 e. The summed E-state index contributed by atoms with van der Waals surface area (Å²) in [6, 6.07) is 24.7. The second-order valence-electron chi connectivity index (χ2n) is 9.66. The van der Waals surface area contributed by atoms with E-state index in [4.69, 9.17) is 9.72 Å². The Morgan fingerprint density at radius 3 is 2.11 bits per heavy atom. The number of ether oxygens (including phenoxy) is 1. The molecule has 5 nitrogen and oxygen atoms in total. The van der Waals surface area contributed by atoms with E-state index in [1.807, 2.05) is 80.6 Å². The van der Waals surface area contributed by atoms with Gasteiger partial charge < -0.3 is 9.84 Å². The van der Waals surface area contributed by atoms with Crippen molar-refractivity contribution in [3.8, 4) is 22.4 Å². The Labute approximate surface area is 204 Å². The van der Waals surface area contributed by atoms with Crippen LogP contribution >= 0.6 is 0 Å². The van der Waals surface area contributed by atoms with Crippen LogP contribution in [0.1, 0.15) is 47.9 Å². The number of Topliss-reactive ketones (excluding diaryl/α,β-unsaturated/α-hetero) is 1. The second-order valence-corrected chi connectivity index (χ2v) is 9.66. The van der Waals surface area contributed by atoms with Crippen LogP contribution < -0.4 is 0 Å². The Morgan fingerprint density at radius 2 is 1.51 bits per heavy atom. The fourth-order valence-electron chi connectivity index (χ4n) is 4.36. The van der Waals surface area contributed by atoms with E-state index in [0.717, 1.165) is 27.6 Å². The molecule has 1 aliphatic carbocycles. The zero-order valence-electron chi connectivity index (χ0n) is 20.0. The molecular formula is C30H27NO4. The fraction of sp³-hybridized carbons (Fsp3) is 0.233. The second kappa shape index (κ2) is 8.75.